The van der Waals surface area contributed by atoms with Gasteiger partial charge in [0.2, 0.25) is 0 Å². The summed E-state index contributed by atoms with van der Waals surface area (Å²) in [4.78, 5) is 9.22. The lowest BCUT2D eigenvalue weighted by molar-refractivity contribution is 0.958. The van der Waals surface area contributed by atoms with Crippen molar-refractivity contribution in [2.45, 2.75) is 52.4 Å². The molecule has 0 saturated heterocycles. The van der Waals surface area contributed by atoms with Crippen LogP contribution in [0.5, 0.6) is 0 Å². The standard InChI is InChI=1S/C22H26N2/c1-4-5-8-22(20-7-6-13-23-15-20)24-17(3)21-14-19(18-11-12-18)10-9-16(21)2/h6-10,13-15,18H,4-5,11-12H2,1-3H3/b22-8+,24-17?. The van der Waals surface area contributed by atoms with Crippen molar-refractivity contribution in [3.05, 3.63) is 71.1 Å². The number of aryl methyl sites for hydroxylation is 1. The zero-order valence-corrected chi connectivity index (χ0v) is 14.9. The minimum atomic E-state index is 0.769. The zero-order chi connectivity index (χ0) is 16.9. The van der Waals surface area contributed by atoms with E-state index in [2.05, 4.69) is 56.1 Å². The summed E-state index contributed by atoms with van der Waals surface area (Å²) in [5, 5.41) is 0. The molecule has 1 aliphatic rings. The van der Waals surface area contributed by atoms with E-state index in [4.69, 9.17) is 4.99 Å². The van der Waals surface area contributed by atoms with Crippen molar-refractivity contribution < 1.29 is 0 Å². The Balaban J connectivity index is 1.96. The van der Waals surface area contributed by atoms with Crippen molar-refractivity contribution in [2.24, 2.45) is 4.99 Å². The number of nitrogens with zero attached hydrogens (tertiary/aromatic N) is 2. The Morgan fingerprint density at radius 3 is 2.79 bits per heavy atom. The van der Waals surface area contributed by atoms with Crippen LogP contribution in [0.25, 0.3) is 5.70 Å². The summed E-state index contributed by atoms with van der Waals surface area (Å²) in [5.41, 5.74) is 7.22. The van der Waals surface area contributed by atoms with E-state index < -0.39 is 0 Å². The van der Waals surface area contributed by atoms with E-state index in [1.165, 1.54) is 29.5 Å². The van der Waals surface area contributed by atoms with E-state index >= 15 is 0 Å². The molecule has 0 radical (unpaired) electrons. The Bertz CT molecular complexity index is 753. The lowest BCUT2D eigenvalue weighted by Crippen LogP contribution is -2.00. The van der Waals surface area contributed by atoms with E-state index in [0.29, 0.717) is 0 Å². The van der Waals surface area contributed by atoms with Crippen LogP contribution in [-0.4, -0.2) is 10.7 Å². The smallest absolute Gasteiger partial charge is 0.0681 e. The fourth-order valence-electron chi connectivity index (χ4n) is 2.96. The van der Waals surface area contributed by atoms with Gasteiger partial charge < -0.3 is 0 Å². The van der Waals surface area contributed by atoms with Crippen LogP contribution in [0.4, 0.5) is 0 Å². The predicted molar refractivity (Wildman–Crippen MR) is 102 cm³/mol. The average Bonchev–Trinajstić information content (AvgIpc) is 3.44. The Morgan fingerprint density at radius 2 is 2.12 bits per heavy atom. The fraction of sp³-hybridized carbons (Fsp3) is 0.364. The van der Waals surface area contributed by atoms with Gasteiger partial charge in [-0.1, -0.05) is 31.6 Å². The third kappa shape index (κ3) is 4.00. The zero-order valence-electron chi connectivity index (χ0n) is 14.9. The van der Waals surface area contributed by atoms with Gasteiger partial charge in [-0.2, -0.15) is 0 Å². The summed E-state index contributed by atoms with van der Waals surface area (Å²) in [6.45, 7) is 6.48. The second-order valence-electron chi connectivity index (χ2n) is 6.67. The molecule has 1 aromatic heterocycles. The molecule has 1 saturated carbocycles. The van der Waals surface area contributed by atoms with Gasteiger partial charge in [-0.05, 0) is 73.9 Å². The largest absolute Gasteiger partial charge is 0.264 e. The molecule has 2 aromatic rings. The first-order valence-electron chi connectivity index (χ1n) is 8.95. The lowest BCUT2D eigenvalue weighted by atomic mass is 9.99. The van der Waals surface area contributed by atoms with Crippen LogP contribution in [0.3, 0.4) is 0 Å². The number of hydrogen-bond acceptors (Lipinski definition) is 2. The number of pyridine rings is 1. The van der Waals surface area contributed by atoms with Gasteiger partial charge in [0.15, 0.2) is 0 Å². The first-order valence-corrected chi connectivity index (χ1v) is 8.95. The van der Waals surface area contributed by atoms with E-state index in [1.54, 1.807) is 6.20 Å². The molecule has 1 aromatic carbocycles. The van der Waals surface area contributed by atoms with E-state index in [1.807, 2.05) is 12.3 Å². The molecule has 0 atom stereocenters. The highest BCUT2D eigenvalue weighted by molar-refractivity contribution is 6.03. The number of unbranched alkanes of at least 4 members (excludes halogenated alkanes) is 1. The van der Waals surface area contributed by atoms with Crippen molar-refractivity contribution in [2.75, 3.05) is 0 Å². The number of allylic oxidation sites excluding steroid dienone is 1. The van der Waals surface area contributed by atoms with Crippen molar-refractivity contribution in [1.29, 1.82) is 0 Å². The molecule has 0 bridgehead atoms. The fourth-order valence-corrected chi connectivity index (χ4v) is 2.96. The van der Waals surface area contributed by atoms with Gasteiger partial charge in [0.25, 0.3) is 0 Å². The Kier molecular flexibility index (Phi) is 5.24. The summed E-state index contributed by atoms with van der Waals surface area (Å²) < 4.78 is 0. The molecule has 1 fully saturated rings. The maximum absolute atomic E-state index is 4.97. The average molecular weight is 318 g/mol. The van der Waals surface area contributed by atoms with Gasteiger partial charge >= 0.3 is 0 Å². The number of hydrogen-bond donors (Lipinski definition) is 0. The van der Waals surface area contributed by atoms with Crippen molar-refractivity contribution in [1.82, 2.24) is 4.98 Å². The van der Waals surface area contributed by atoms with Gasteiger partial charge in [0.1, 0.15) is 0 Å². The first-order chi connectivity index (χ1) is 11.7. The monoisotopic (exact) mass is 318 g/mol. The normalized spacial score (nSPS) is 15.6. The SMILES string of the molecule is CCC/C=C(/N=C(C)c1cc(C2CC2)ccc1C)c1cccnc1. The molecular formula is C22H26N2. The van der Waals surface area contributed by atoms with Crippen molar-refractivity contribution in [3.8, 4) is 0 Å². The van der Waals surface area contributed by atoms with Crippen LogP contribution in [0, 0.1) is 6.92 Å². The highest BCUT2D eigenvalue weighted by Crippen LogP contribution is 2.40. The second kappa shape index (κ2) is 7.57. The molecular weight excluding hydrogens is 292 g/mol. The summed E-state index contributed by atoms with van der Waals surface area (Å²) in [5.74, 6) is 0.769. The molecule has 1 aliphatic carbocycles. The van der Waals surface area contributed by atoms with E-state index in [0.717, 1.165) is 35.7 Å². The van der Waals surface area contributed by atoms with Crippen LogP contribution in [0.15, 0.2) is 53.8 Å². The predicted octanol–water partition coefficient (Wildman–Crippen LogP) is 5.92. The molecule has 1 heterocycles. The topological polar surface area (TPSA) is 25.2 Å². The molecule has 2 nitrogen and oxygen atoms in total. The van der Waals surface area contributed by atoms with Crippen molar-refractivity contribution >= 4 is 11.4 Å². The number of aromatic nitrogens is 1. The Hall–Kier alpha value is -2.22. The van der Waals surface area contributed by atoms with Gasteiger partial charge in [0, 0.05) is 23.7 Å². The van der Waals surface area contributed by atoms with Crippen molar-refractivity contribution in [3.63, 3.8) is 0 Å². The molecule has 0 amide bonds. The summed E-state index contributed by atoms with van der Waals surface area (Å²) in [7, 11) is 0. The molecule has 0 N–H and O–H groups in total. The van der Waals surface area contributed by atoms with Crippen LogP contribution in [-0.2, 0) is 0 Å². The van der Waals surface area contributed by atoms with Gasteiger partial charge in [-0.3, -0.25) is 9.98 Å². The minimum absolute atomic E-state index is 0.769. The summed E-state index contributed by atoms with van der Waals surface area (Å²) in [6, 6.07) is 10.9. The number of benzene rings is 1. The molecule has 0 aliphatic heterocycles. The maximum atomic E-state index is 4.97. The van der Waals surface area contributed by atoms with Gasteiger partial charge in [0.05, 0.1) is 5.70 Å². The van der Waals surface area contributed by atoms with Crippen LogP contribution < -0.4 is 0 Å². The van der Waals surface area contributed by atoms with Gasteiger partial charge in [-0.15, -0.1) is 0 Å². The highest BCUT2D eigenvalue weighted by Gasteiger charge is 2.24. The third-order valence-electron chi connectivity index (χ3n) is 4.57. The van der Waals surface area contributed by atoms with E-state index in [-0.39, 0.29) is 0 Å². The Labute approximate surface area is 145 Å². The van der Waals surface area contributed by atoms with Crippen LogP contribution >= 0.6 is 0 Å². The maximum Gasteiger partial charge on any atom is 0.0681 e. The summed E-state index contributed by atoms with van der Waals surface area (Å²) in [6.07, 6.45) is 10.7. The van der Waals surface area contributed by atoms with E-state index in [9.17, 15) is 0 Å². The molecule has 2 heteroatoms. The van der Waals surface area contributed by atoms with Crippen LogP contribution in [0.2, 0.25) is 0 Å². The Morgan fingerprint density at radius 1 is 1.29 bits per heavy atom. The first kappa shape index (κ1) is 16.6. The molecule has 24 heavy (non-hydrogen) atoms. The molecule has 0 spiro atoms. The molecule has 0 unspecified atom stereocenters. The second-order valence-corrected chi connectivity index (χ2v) is 6.67. The highest BCUT2D eigenvalue weighted by atomic mass is 14.8. The molecule has 3 rings (SSSR count). The third-order valence-corrected chi connectivity index (χ3v) is 4.57. The van der Waals surface area contributed by atoms with Crippen LogP contribution in [0.1, 0.15) is 67.7 Å². The quantitative estimate of drug-likeness (QED) is 0.607. The van der Waals surface area contributed by atoms with Gasteiger partial charge in [-0.25, -0.2) is 0 Å². The molecule has 124 valence electrons. The minimum Gasteiger partial charge on any atom is -0.264 e. The summed E-state index contributed by atoms with van der Waals surface area (Å²) >= 11 is 0. The number of rotatable bonds is 6. The number of aliphatic imine (C=N–C) groups is 1. The lowest BCUT2D eigenvalue weighted by Gasteiger charge is -2.10.